The van der Waals surface area contributed by atoms with E-state index in [0.29, 0.717) is 18.8 Å². The fraction of sp³-hybridized carbons (Fsp3) is 0.188. The maximum atomic E-state index is 13.1. The third kappa shape index (κ3) is 3.82. The first kappa shape index (κ1) is 14.1. The number of benzene rings is 1. The second-order valence-electron chi connectivity index (χ2n) is 4.33. The Morgan fingerprint density at radius 3 is 2.85 bits per heavy atom. The van der Waals surface area contributed by atoms with Gasteiger partial charge in [0.1, 0.15) is 11.6 Å². The number of rotatable bonds is 5. The van der Waals surface area contributed by atoms with Gasteiger partial charge in [0.2, 0.25) is 5.91 Å². The van der Waals surface area contributed by atoms with Crippen molar-refractivity contribution in [3.8, 4) is 0 Å². The monoisotopic (exact) mass is 273 g/mol. The van der Waals surface area contributed by atoms with Gasteiger partial charge in [-0.3, -0.25) is 4.79 Å². The number of nitrogens with zero attached hydrogens (tertiary/aromatic N) is 1. The quantitative estimate of drug-likeness (QED) is 0.781. The molecule has 0 bridgehead atoms. The van der Waals surface area contributed by atoms with Crippen LogP contribution in [-0.2, 0) is 11.3 Å². The number of amides is 1. The van der Waals surface area contributed by atoms with E-state index in [2.05, 4.69) is 0 Å². The van der Waals surface area contributed by atoms with Gasteiger partial charge in [-0.1, -0.05) is 12.1 Å². The molecule has 104 valence electrons. The number of furan rings is 1. The number of hydrogen-bond donors (Lipinski definition) is 0. The van der Waals surface area contributed by atoms with Crippen LogP contribution >= 0.6 is 0 Å². The van der Waals surface area contributed by atoms with Crippen LogP contribution in [0.4, 0.5) is 4.39 Å². The van der Waals surface area contributed by atoms with Gasteiger partial charge in [0.15, 0.2) is 0 Å². The van der Waals surface area contributed by atoms with Crippen LogP contribution < -0.4 is 0 Å². The minimum absolute atomic E-state index is 0.131. The molecule has 2 rings (SSSR count). The zero-order valence-corrected chi connectivity index (χ0v) is 11.3. The van der Waals surface area contributed by atoms with Crippen molar-refractivity contribution < 1.29 is 13.6 Å². The Bertz CT molecular complexity index is 590. The van der Waals surface area contributed by atoms with Crippen LogP contribution in [0.25, 0.3) is 6.08 Å². The highest BCUT2D eigenvalue weighted by atomic mass is 19.1. The molecule has 1 aromatic carbocycles. The Kier molecular flexibility index (Phi) is 4.71. The molecule has 0 saturated carbocycles. The number of halogens is 1. The maximum absolute atomic E-state index is 13.1. The van der Waals surface area contributed by atoms with E-state index in [0.717, 1.165) is 5.56 Å². The van der Waals surface area contributed by atoms with Crippen molar-refractivity contribution in [1.29, 1.82) is 0 Å². The summed E-state index contributed by atoms with van der Waals surface area (Å²) in [7, 11) is 0. The van der Waals surface area contributed by atoms with Crippen LogP contribution in [0.3, 0.4) is 0 Å². The SMILES string of the molecule is CCN(Cc1cccc(F)c1)C(=O)C=Cc1ccco1. The smallest absolute Gasteiger partial charge is 0.246 e. The molecule has 0 aliphatic heterocycles. The second kappa shape index (κ2) is 6.70. The van der Waals surface area contributed by atoms with E-state index in [9.17, 15) is 9.18 Å². The molecule has 0 atom stereocenters. The van der Waals surface area contributed by atoms with Crippen molar-refractivity contribution in [3.63, 3.8) is 0 Å². The van der Waals surface area contributed by atoms with Crippen molar-refractivity contribution in [1.82, 2.24) is 4.90 Å². The summed E-state index contributed by atoms with van der Waals surface area (Å²) in [4.78, 5) is 13.7. The summed E-state index contributed by atoms with van der Waals surface area (Å²) in [5, 5.41) is 0. The molecule has 0 radical (unpaired) electrons. The van der Waals surface area contributed by atoms with E-state index in [-0.39, 0.29) is 11.7 Å². The predicted molar refractivity (Wildman–Crippen MR) is 75.2 cm³/mol. The molecule has 2 aromatic rings. The molecule has 0 N–H and O–H groups in total. The van der Waals surface area contributed by atoms with Gasteiger partial charge in [0, 0.05) is 19.2 Å². The maximum Gasteiger partial charge on any atom is 0.246 e. The van der Waals surface area contributed by atoms with E-state index >= 15 is 0 Å². The molecule has 0 aliphatic carbocycles. The minimum Gasteiger partial charge on any atom is -0.465 e. The lowest BCUT2D eigenvalue weighted by atomic mass is 10.2. The lowest BCUT2D eigenvalue weighted by Crippen LogP contribution is -2.28. The van der Waals surface area contributed by atoms with Crippen LogP contribution in [0.1, 0.15) is 18.2 Å². The van der Waals surface area contributed by atoms with Crippen molar-refractivity contribution in [2.45, 2.75) is 13.5 Å². The second-order valence-corrected chi connectivity index (χ2v) is 4.33. The highest BCUT2D eigenvalue weighted by Gasteiger charge is 2.09. The van der Waals surface area contributed by atoms with Gasteiger partial charge in [0.05, 0.1) is 6.26 Å². The lowest BCUT2D eigenvalue weighted by molar-refractivity contribution is -0.126. The Labute approximate surface area is 117 Å². The highest BCUT2D eigenvalue weighted by molar-refractivity contribution is 5.91. The minimum atomic E-state index is -0.294. The summed E-state index contributed by atoms with van der Waals surface area (Å²) in [6, 6.07) is 9.79. The molecule has 20 heavy (non-hydrogen) atoms. The summed E-state index contributed by atoms with van der Waals surface area (Å²) < 4.78 is 18.3. The summed E-state index contributed by atoms with van der Waals surface area (Å²) in [5.74, 6) is 0.199. The van der Waals surface area contributed by atoms with Crippen molar-refractivity contribution >= 4 is 12.0 Å². The van der Waals surface area contributed by atoms with Gasteiger partial charge in [0.25, 0.3) is 0 Å². The van der Waals surface area contributed by atoms with Gasteiger partial charge in [-0.15, -0.1) is 0 Å². The van der Waals surface area contributed by atoms with Crippen molar-refractivity contribution in [2.24, 2.45) is 0 Å². The van der Waals surface area contributed by atoms with E-state index in [1.165, 1.54) is 18.2 Å². The van der Waals surface area contributed by atoms with E-state index in [4.69, 9.17) is 4.42 Å². The molecule has 0 spiro atoms. The van der Waals surface area contributed by atoms with Crippen LogP contribution in [0.15, 0.2) is 53.2 Å². The van der Waals surface area contributed by atoms with Gasteiger partial charge in [-0.2, -0.15) is 0 Å². The fourth-order valence-corrected chi connectivity index (χ4v) is 1.85. The predicted octanol–water partition coefficient (Wildman–Crippen LogP) is 3.48. The molecular formula is C16H16FNO2. The largest absolute Gasteiger partial charge is 0.465 e. The number of carbonyl (C=O) groups is 1. The topological polar surface area (TPSA) is 33.5 Å². The standard InChI is InChI=1S/C16H16FNO2/c1-2-18(12-13-5-3-6-14(17)11-13)16(19)9-8-15-7-4-10-20-15/h3-11H,2,12H2,1H3. The van der Waals surface area contributed by atoms with Crippen molar-refractivity contribution in [2.75, 3.05) is 6.54 Å². The van der Waals surface area contributed by atoms with Gasteiger partial charge in [-0.05, 0) is 42.8 Å². The molecule has 1 amide bonds. The molecule has 1 aromatic heterocycles. The summed E-state index contributed by atoms with van der Waals surface area (Å²) in [5.41, 5.74) is 0.770. The zero-order valence-electron chi connectivity index (χ0n) is 11.3. The molecule has 0 saturated heterocycles. The molecule has 1 heterocycles. The summed E-state index contributed by atoms with van der Waals surface area (Å²) in [6.07, 6.45) is 4.63. The molecule has 0 aliphatic rings. The number of likely N-dealkylation sites (N-methyl/N-ethyl adjacent to an activating group) is 1. The Balaban J connectivity index is 2.02. The number of hydrogen-bond acceptors (Lipinski definition) is 2. The Morgan fingerprint density at radius 1 is 1.35 bits per heavy atom. The van der Waals surface area contributed by atoms with Gasteiger partial charge < -0.3 is 9.32 Å². The summed E-state index contributed by atoms with van der Waals surface area (Å²) >= 11 is 0. The molecule has 4 heteroatoms. The average Bonchev–Trinajstić information content (AvgIpc) is 2.95. The van der Waals surface area contributed by atoms with Crippen LogP contribution in [0.5, 0.6) is 0 Å². The van der Waals surface area contributed by atoms with E-state index in [1.54, 1.807) is 41.5 Å². The highest BCUT2D eigenvalue weighted by Crippen LogP contribution is 2.09. The van der Waals surface area contributed by atoms with E-state index < -0.39 is 0 Å². The molecular weight excluding hydrogens is 257 g/mol. The van der Waals surface area contributed by atoms with Crippen LogP contribution in [0.2, 0.25) is 0 Å². The van der Waals surface area contributed by atoms with E-state index in [1.807, 2.05) is 6.92 Å². The van der Waals surface area contributed by atoms with Crippen LogP contribution in [-0.4, -0.2) is 17.4 Å². The number of carbonyl (C=O) groups excluding carboxylic acids is 1. The van der Waals surface area contributed by atoms with Crippen molar-refractivity contribution in [3.05, 3.63) is 65.9 Å². The third-order valence-corrected chi connectivity index (χ3v) is 2.89. The molecule has 0 unspecified atom stereocenters. The average molecular weight is 273 g/mol. The molecule has 3 nitrogen and oxygen atoms in total. The fourth-order valence-electron chi connectivity index (χ4n) is 1.85. The van der Waals surface area contributed by atoms with Crippen LogP contribution in [0, 0.1) is 5.82 Å². The zero-order chi connectivity index (χ0) is 14.4. The first-order valence-electron chi connectivity index (χ1n) is 6.44. The van der Waals surface area contributed by atoms with Gasteiger partial charge >= 0.3 is 0 Å². The Hall–Kier alpha value is -2.36. The normalized spacial score (nSPS) is 10.9. The lowest BCUT2D eigenvalue weighted by Gasteiger charge is -2.19. The first-order chi connectivity index (χ1) is 9.69. The van der Waals surface area contributed by atoms with Gasteiger partial charge in [-0.25, -0.2) is 4.39 Å². The molecule has 0 fully saturated rings. The third-order valence-electron chi connectivity index (χ3n) is 2.89. The first-order valence-corrected chi connectivity index (χ1v) is 6.44. The summed E-state index contributed by atoms with van der Waals surface area (Å²) in [6.45, 7) is 2.82. The Morgan fingerprint density at radius 2 is 2.20 bits per heavy atom.